The third-order valence-electron chi connectivity index (χ3n) is 5.34. The lowest BCUT2D eigenvalue weighted by atomic mass is 10.1. The Kier molecular flexibility index (Phi) is 4.20. The van der Waals surface area contributed by atoms with Gasteiger partial charge in [0.15, 0.2) is 0 Å². The number of esters is 1. The predicted octanol–water partition coefficient (Wildman–Crippen LogP) is 2.02. The van der Waals surface area contributed by atoms with Gasteiger partial charge in [0.1, 0.15) is 18.1 Å². The number of hydrogen-bond donors (Lipinski definition) is 0. The number of fused-ring (bicyclic) bond motifs is 3. The molecule has 0 bridgehead atoms. The molecule has 30 heavy (non-hydrogen) atoms. The van der Waals surface area contributed by atoms with Crippen LogP contribution in [0.3, 0.4) is 0 Å². The molecule has 0 atom stereocenters. The van der Waals surface area contributed by atoms with E-state index in [0.29, 0.717) is 34.4 Å². The van der Waals surface area contributed by atoms with Crippen molar-refractivity contribution in [3.63, 3.8) is 0 Å². The van der Waals surface area contributed by atoms with Crippen LogP contribution in [0.25, 0.3) is 16.6 Å². The van der Waals surface area contributed by atoms with Crippen LogP contribution < -0.4 is 11.1 Å². The van der Waals surface area contributed by atoms with Gasteiger partial charge in [-0.05, 0) is 43.2 Å². The maximum absolute atomic E-state index is 12.6. The molecular weight excluding hydrogens is 384 g/mol. The molecule has 4 aromatic rings. The summed E-state index contributed by atoms with van der Waals surface area (Å²) in [5.41, 5.74) is 2.22. The third-order valence-corrected chi connectivity index (χ3v) is 5.34. The van der Waals surface area contributed by atoms with Crippen LogP contribution in [-0.4, -0.2) is 24.9 Å². The Bertz CT molecular complexity index is 1450. The molecule has 0 aliphatic carbocycles. The topological polar surface area (TPSA) is 95.6 Å². The fourth-order valence-corrected chi connectivity index (χ4v) is 3.82. The van der Waals surface area contributed by atoms with Gasteiger partial charge in [0.25, 0.3) is 11.1 Å². The number of rotatable bonds is 3. The average Bonchev–Trinajstić information content (AvgIpc) is 3.21. The van der Waals surface area contributed by atoms with E-state index in [-0.39, 0.29) is 17.7 Å². The van der Waals surface area contributed by atoms with Crippen LogP contribution in [-0.2, 0) is 24.3 Å². The highest BCUT2D eigenvalue weighted by Gasteiger charge is 2.17. The van der Waals surface area contributed by atoms with E-state index in [0.717, 1.165) is 24.2 Å². The van der Waals surface area contributed by atoms with E-state index >= 15 is 0 Å². The molecule has 0 fully saturated rings. The SMILES string of the molecule is Cc1cccn2c(=O)cc(COC(=O)c3ccc4c(=O)n5c(nc4c3)CCC5)nc12. The van der Waals surface area contributed by atoms with Gasteiger partial charge in [-0.1, -0.05) is 6.07 Å². The van der Waals surface area contributed by atoms with Gasteiger partial charge >= 0.3 is 5.97 Å². The van der Waals surface area contributed by atoms with E-state index in [2.05, 4.69) is 9.97 Å². The molecule has 0 saturated carbocycles. The van der Waals surface area contributed by atoms with E-state index in [1.165, 1.54) is 10.5 Å². The fraction of sp³-hybridized carbons (Fsp3) is 0.227. The lowest BCUT2D eigenvalue weighted by molar-refractivity contribution is 0.0468. The number of aryl methyl sites for hydroxylation is 2. The lowest BCUT2D eigenvalue weighted by Crippen LogP contribution is -2.21. The molecular formula is C22H18N4O4. The predicted molar refractivity (Wildman–Crippen MR) is 110 cm³/mol. The number of ether oxygens (including phenoxy) is 1. The summed E-state index contributed by atoms with van der Waals surface area (Å²) in [4.78, 5) is 46.3. The molecule has 8 heteroatoms. The van der Waals surface area contributed by atoms with Gasteiger partial charge in [-0.15, -0.1) is 0 Å². The molecule has 1 aliphatic rings. The molecule has 4 heterocycles. The summed E-state index contributed by atoms with van der Waals surface area (Å²) < 4.78 is 8.51. The van der Waals surface area contributed by atoms with Crippen molar-refractivity contribution in [1.29, 1.82) is 0 Å². The molecule has 150 valence electrons. The monoisotopic (exact) mass is 402 g/mol. The van der Waals surface area contributed by atoms with Crippen molar-refractivity contribution in [2.24, 2.45) is 0 Å². The van der Waals surface area contributed by atoms with Gasteiger partial charge in [0.2, 0.25) is 0 Å². The summed E-state index contributed by atoms with van der Waals surface area (Å²) in [7, 11) is 0. The molecule has 0 N–H and O–H groups in total. The van der Waals surface area contributed by atoms with Crippen molar-refractivity contribution in [1.82, 2.24) is 18.9 Å². The number of aromatic nitrogens is 4. The van der Waals surface area contributed by atoms with Crippen molar-refractivity contribution in [2.45, 2.75) is 32.9 Å². The average molecular weight is 402 g/mol. The van der Waals surface area contributed by atoms with Crippen molar-refractivity contribution in [3.8, 4) is 0 Å². The van der Waals surface area contributed by atoms with E-state index in [4.69, 9.17) is 4.74 Å². The number of nitrogens with zero attached hydrogens (tertiary/aromatic N) is 4. The first-order valence-electron chi connectivity index (χ1n) is 9.70. The normalized spacial score (nSPS) is 13.0. The van der Waals surface area contributed by atoms with Crippen molar-refractivity contribution < 1.29 is 9.53 Å². The summed E-state index contributed by atoms with van der Waals surface area (Å²) in [6, 6.07) is 9.73. The first-order chi connectivity index (χ1) is 14.5. The number of benzene rings is 1. The molecule has 0 saturated heterocycles. The van der Waals surface area contributed by atoms with E-state index in [9.17, 15) is 14.4 Å². The van der Waals surface area contributed by atoms with Gasteiger partial charge in [-0.25, -0.2) is 14.8 Å². The Morgan fingerprint density at radius 1 is 1.17 bits per heavy atom. The molecule has 0 unspecified atom stereocenters. The zero-order valence-corrected chi connectivity index (χ0v) is 16.3. The second-order valence-corrected chi connectivity index (χ2v) is 7.37. The minimum atomic E-state index is -0.564. The molecule has 1 aliphatic heterocycles. The second-order valence-electron chi connectivity index (χ2n) is 7.37. The zero-order valence-electron chi connectivity index (χ0n) is 16.3. The zero-order chi connectivity index (χ0) is 20.8. The lowest BCUT2D eigenvalue weighted by Gasteiger charge is -2.08. The van der Waals surface area contributed by atoms with Crippen LogP contribution in [0, 0.1) is 6.92 Å². The Morgan fingerprint density at radius 2 is 2.03 bits per heavy atom. The highest BCUT2D eigenvalue weighted by molar-refractivity contribution is 5.94. The summed E-state index contributed by atoms with van der Waals surface area (Å²) in [5.74, 6) is 0.181. The maximum atomic E-state index is 12.6. The molecule has 0 amide bonds. The van der Waals surface area contributed by atoms with E-state index < -0.39 is 5.97 Å². The Morgan fingerprint density at radius 3 is 2.90 bits per heavy atom. The van der Waals surface area contributed by atoms with Crippen LogP contribution in [0.2, 0.25) is 0 Å². The standard InChI is InChI=1S/C22H18N4O4/c1-13-4-2-9-26-19(27)11-15(23-20(13)26)12-30-22(29)14-6-7-16-17(10-14)24-18-5-3-8-25(18)21(16)28/h2,4,6-7,9-11H,3,5,8,12H2,1H3. The quantitative estimate of drug-likeness (QED) is 0.487. The fourth-order valence-electron chi connectivity index (χ4n) is 3.82. The van der Waals surface area contributed by atoms with Crippen LogP contribution in [0.15, 0.2) is 52.2 Å². The minimum Gasteiger partial charge on any atom is -0.456 e. The van der Waals surface area contributed by atoms with E-state index in [1.807, 2.05) is 13.0 Å². The summed E-state index contributed by atoms with van der Waals surface area (Å²) in [6.45, 7) is 2.41. The van der Waals surface area contributed by atoms with Gasteiger partial charge < -0.3 is 4.74 Å². The molecule has 8 nitrogen and oxygen atoms in total. The van der Waals surface area contributed by atoms with Crippen LogP contribution in [0.1, 0.15) is 33.9 Å². The Labute approximate surface area is 170 Å². The van der Waals surface area contributed by atoms with Gasteiger partial charge in [-0.2, -0.15) is 0 Å². The largest absolute Gasteiger partial charge is 0.456 e. The van der Waals surface area contributed by atoms with Crippen molar-refractivity contribution in [3.05, 3.63) is 85.9 Å². The molecule has 0 spiro atoms. The maximum Gasteiger partial charge on any atom is 0.338 e. The molecule has 0 radical (unpaired) electrons. The number of pyridine rings is 1. The summed E-state index contributed by atoms with van der Waals surface area (Å²) in [5, 5.41) is 0.483. The highest BCUT2D eigenvalue weighted by atomic mass is 16.5. The van der Waals surface area contributed by atoms with Gasteiger partial charge in [0.05, 0.1) is 22.2 Å². The first kappa shape index (κ1) is 18.2. The summed E-state index contributed by atoms with van der Waals surface area (Å²) in [6.07, 6.45) is 3.29. The molecule has 1 aromatic carbocycles. The number of carbonyl (C=O) groups excluding carboxylic acids is 1. The van der Waals surface area contributed by atoms with Crippen LogP contribution in [0.4, 0.5) is 0 Å². The number of carbonyl (C=O) groups is 1. The molecule has 3 aromatic heterocycles. The highest BCUT2D eigenvalue weighted by Crippen LogP contribution is 2.17. The Balaban J connectivity index is 1.42. The first-order valence-corrected chi connectivity index (χ1v) is 9.70. The van der Waals surface area contributed by atoms with Crippen LogP contribution in [0.5, 0.6) is 0 Å². The summed E-state index contributed by atoms with van der Waals surface area (Å²) >= 11 is 0. The third kappa shape index (κ3) is 2.97. The molecule has 5 rings (SSSR count). The van der Waals surface area contributed by atoms with Crippen LogP contribution >= 0.6 is 0 Å². The van der Waals surface area contributed by atoms with Crippen molar-refractivity contribution in [2.75, 3.05) is 0 Å². The van der Waals surface area contributed by atoms with Gasteiger partial charge in [-0.3, -0.25) is 18.6 Å². The Hall–Kier alpha value is -3.81. The minimum absolute atomic E-state index is 0.0800. The van der Waals surface area contributed by atoms with E-state index in [1.54, 1.807) is 35.0 Å². The number of hydrogen-bond acceptors (Lipinski definition) is 6. The van der Waals surface area contributed by atoms with Gasteiger partial charge in [0, 0.05) is 25.2 Å². The van der Waals surface area contributed by atoms with Crippen molar-refractivity contribution >= 4 is 22.5 Å². The smallest absolute Gasteiger partial charge is 0.338 e. The second kappa shape index (κ2) is 6.91.